The smallest absolute Gasteiger partial charge is 0.0331 e. The van der Waals surface area contributed by atoms with Crippen LogP contribution in [0.5, 0.6) is 0 Å². The van der Waals surface area contributed by atoms with Crippen LogP contribution in [0, 0.1) is 0 Å². The first-order valence-corrected chi connectivity index (χ1v) is 4.25. The third-order valence-corrected chi connectivity index (χ3v) is 3.17. The molecule has 2 fully saturated rings. The third kappa shape index (κ3) is 0.789. The van der Waals surface area contributed by atoms with Gasteiger partial charge in [0.1, 0.15) is 0 Å². The summed E-state index contributed by atoms with van der Waals surface area (Å²) in [4.78, 5) is 2.53. The van der Waals surface area contributed by atoms with Crippen LogP contribution in [0.4, 0.5) is 0 Å². The molecule has 1 saturated carbocycles. The summed E-state index contributed by atoms with van der Waals surface area (Å²) in [5, 5.41) is 3.47. The van der Waals surface area contributed by atoms with E-state index in [1.165, 1.54) is 38.9 Å². The van der Waals surface area contributed by atoms with Crippen LogP contribution in [0.25, 0.3) is 0 Å². The number of nitrogens with one attached hydrogen (secondary N) is 1. The minimum atomic E-state index is 0.582. The maximum atomic E-state index is 3.47. The van der Waals surface area contributed by atoms with E-state index in [4.69, 9.17) is 0 Å². The van der Waals surface area contributed by atoms with Crippen LogP contribution in [-0.4, -0.2) is 37.1 Å². The zero-order chi connectivity index (χ0) is 7.03. The van der Waals surface area contributed by atoms with Gasteiger partial charge < -0.3 is 5.32 Å². The van der Waals surface area contributed by atoms with Crippen molar-refractivity contribution in [2.75, 3.05) is 26.7 Å². The summed E-state index contributed by atoms with van der Waals surface area (Å²) < 4.78 is 0. The highest BCUT2D eigenvalue weighted by Gasteiger charge is 2.41. The van der Waals surface area contributed by atoms with Gasteiger partial charge in [-0.25, -0.2) is 0 Å². The summed E-state index contributed by atoms with van der Waals surface area (Å²) in [6.07, 6.45) is 4.26. The summed E-state index contributed by atoms with van der Waals surface area (Å²) in [5.41, 5.74) is 0.582. The highest BCUT2D eigenvalue weighted by atomic mass is 15.2. The molecule has 2 heteroatoms. The van der Waals surface area contributed by atoms with Crippen molar-refractivity contribution in [3.8, 4) is 0 Å². The van der Waals surface area contributed by atoms with Crippen LogP contribution in [0.1, 0.15) is 19.3 Å². The average molecular weight is 140 g/mol. The molecule has 1 heterocycles. The first-order chi connectivity index (χ1) is 4.83. The molecule has 1 N–H and O–H groups in total. The number of hydrogen-bond donors (Lipinski definition) is 1. The molecule has 2 aliphatic rings. The third-order valence-electron chi connectivity index (χ3n) is 3.17. The fourth-order valence-corrected chi connectivity index (χ4v) is 2.08. The molecule has 1 spiro atoms. The Kier molecular flexibility index (Phi) is 1.46. The van der Waals surface area contributed by atoms with Crippen LogP contribution < -0.4 is 5.32 Å². The molecule has 1 saturated heterocycles. The van der Waals surface area contributed by atoms with Gasteiger partial charge in [-0.2, -0.15) is 0 Å². The Bertz CT molecular complexity index is 129. The number of likely N-dealkylation sites (N-methyl/N-ethyl adjacent to an activating group) is 1. The molecule has 0 aromatic heterocycles. The molecule has 0 unspecified atom stereocenters. The SMILES string of the molecule is CN1CCNCC12CCC2. The van der Waals surface area contributed by atoms with Crippen molar-refractivity contribution < 1.29 is 0 Å². The summed E-state index contributed by atoms with van der Waals surface area (Å²) in [5.74, 6) is 0. The monoisotopic (exact) mass is 140 g/mol. The quantitative estimate of drug-likeness (QED) is 0.525. The van der Waals surface area contributed by atoms with E-state index in [2.05, 4.69) is 17.3 Å². The molecule has 2 rings (SSSR count). The molecule has 0 aromatic carbocycles. The lowest BCUT2D eigenvalue weighted by Gasteiger charge is -2.51. The predicted octanol–water partition coefficient (Wildman–Crippen LogP) is 0.444. The molecule has 1 aliphatic carbocycles. The van der Waals surface area contributed by atoms with E-state index >= 15 is 0 Å². The van der Waals surface area contributed by atoms with Crippen molar-refractivity contribution in [2.24, 2.45) is 0 Å². The van der Waals surface area contributed by atoms with Gasteiger partial charge in [0.15, 0.2) is 0 Å². The Hall–Kier alpha value is -0.0800. The fourth-order valence-electron chi connectivity index (χ4n) is 2.08. The zero-order valence-electron chi connectivity index (χ0n) is 6.69. The molecule has 58 valence electrons. The lowest BCUT2D eigenvalue weighted by molar-refractivity contribution is 0.0174. The topological polar surface area (TPSA) is 15.3 Å². The van der Waals surface area contributed by atoms with Gasteiger partial charge in [-0.15, -0.1) is 0 Å². The first-order valence-electron chi connectivity index (χ1n) is 4.25. The Labute approximate surface area is 62.6 Å². The molecule has 0 amide bonds. The predicted molar refractivity (Wildman–Crippen MR) is 42.1 cm³/mol. The molecular weight excluding hydrogens is 124 g/mol. The van der Waals surface area contributed by atoms with Crippen molar-refractivity contribution in [3.63, 3.8) is 0 Å². The first kappa shape index (κ1) is 6.62. The summed E-state index contributed by atoms with van der Waals surface area (Å²) >= 11 is 0. The van der Waals surface area contributed by atoms with E-state index < -0.39 is 0 Å². The molecule has 0 bridgehead atoms. The largest absolute Gasteiger partial charge is 0.314 e. The number of rotatable bonds is 0. The van der Waals surface area contributed by atoms with Crippen LogP contribution in [0.2, 0.25) is 0 Å². The van der Waals surface area contributed by atoms with Crippen molar-refractivity contribution in [2.45, 2.75) is 24.8 Å². The molecule has 0 aromatic rings. The Morgan fingerprint density at radius 3 is 2.60 bits per heavy atom. The second-order valence-electron chi connectivity index (χ2n) is 3.68. The Morgan fingerprint density at radius 1 is 1.40 bits per heavy atom. The normalized spacial score (nSPS) is 32.1. The molecule has 2 nitrogen and oxygen atoms in total. The van der Waals surface area contributed by atoms with E-state index in [1.54, 1.807) is 0 Å². The van der Waals surface area contributed by atoms with Crippen LogP contribution >= 0.6 is 0 Å². The molecular formula is C8H16N2. The van der Waals surface area contributed by atoms with Gasteiger partial charge in [-0.05, 0) is 26.3 Å². The maximum absolute atomic E-state index is 3.47. The highest BCUT2D eigenvalue weighted by molar-refractivity contribution is 5.00. The van der Waals surface area contributed by atoms with Crippen molar-refractivity contribution in [1.29, 1.82) is 0 Å². The summed E-state index contributed by atoms with van der Waals surface area (Å²) in [6.45, 7) is 3.64. The van der Waals surface area contributed by atoms with Gasteiger partial charge in [0.25, 0.3) is 0 Å². The number of hydrogen-bond acceptors (Lipinski definition) is 2. The minimum Gasteiger partial charge on any atom is -0.314 e. The number of piperazine rings is 1. The van der Waals surface area contributed by atoms with Gasteiger partial charge in [0.05, 0.1) is 0 Å². The second-order valence-corrected chi connectivity index (χ2v) is 3.68. The van der Waals surface area contributed by atoms with Crippen LogP contribution in [-0.2, 0) is 0 Å². The van der Waals surface area contributed by atoms with E-state index in [0.717, 1.165) is 0 Å². The van der Waals surface area contributed by atoms with Gasteiger partial charge in [0.2, 0.25) is 0 Å². The van der Waals surface area contributed by atoms with E-state index in [0.29, 0.717) is 5.54 Å². The number of nitrogens with zero attached hydrogens (tertiary/aromatic N) is 1. The van der Waals surface area contributed by atoms with Gasteiger partial charge in [-0.3, -0.25) is 4.90 Å². The minimum absolute atomic E-state index is 0.582. The van der Waals surface area contributed by atoms with E-state index in [9.17, 15) is 0 Å². The molecule has 0 atom stereocenters. The molecule has 10 heavy (non-hydrogen) atoms. The van der Waals surface area contributed by atoms with Crippen molar-refractivity contribution in [3.05, 3.63) is 0 Å². The fraction of sp³-hybridized carbons (Fsp3) is 1.00. The standard InChI is InChI=1S/C8H16N2/c1-10-6-5-9-7-8(10)3-2-4-8/h9H,2-7H2,1H3. The second kappa shape index (κ2) is 2.21. The van der Waals surface area contributed by atoms with E-state index in [1.807, 2.05) is 0 Å². The van der Waals surface area contributed by atoms with Gasteiger partial charge in [0, 0.05) is 25.2 Å². The van der Waals surface area contributed by atoms with Gasteiger partial charge in [-0.1, -0.05) is 0 Å². The zero-order valence-corrected chi connectivity index (χ0v) is 6.69. The highest BCUT2D eigenvalue weighted by Crippen LogP contribution is 2.37. The average Bonchev–Trinajstić information content (AvgIpc) is 1.85. The summed E-state index contributed by atoms with van der Waals surface area (Å²) in [7, 11) is 2.26. The summed E-state index contributed by atoms with van der Waals surface area (Å²) in [6, 6.07) is 0. The van der Waals surface area contributed by atoms with Crippen molar-refractivity contribution >= 4 is 0 Å². The maximum Gasteiger partial charge on any atom is 0.0331 e. The van der Waals surface area contributed by atoms with Crippen molar-refractivity contribution in [1.82, 2.24) is 10.2 Å². The Balaban J connectivity index is 2.03. The lowest BCUT2D eigenvalue weighted by Crippen LogP contribution is -2.63. The molecule has 1 aliphatic heterocycles. The van der Waals surface area contributed by atoms with Crippen LogP contribution in [0.15, 0.2) is 0 Å². The van der Waals surface area contributed by atoms with E-state index in [-0.39, 0.29) is 0 Å². The lowest BCUT2D eigenvalue weighted by atomic mass is 9.74. The van der Waals surface area contributed by atoms with Gasteiger partial charge >= 0.3 is 0 Å². The van der Waals surface area contributed by atoms with Crippen LogP contribution in [0.3, 0.4) is 0 Å². The molecule has 0 radical (unpaired) electrons. The Morgan fingerprint density at radius 2 is 2.20 bits per heavy atom.